The zero-order valence-corrected chi connectivity index (χ0v) is 20.0. The predicted molar refractivity (Wildman–Crippen MR) is 131 cm³/mol. The van der Waals surface area contributed by atoms with Gasteiger partial charge in [0, 0.05) is 38.8 Å². The van der Waals surface area contributed by atoms with Gasteiger partial charge in [-0.05, 0) is 23.8 Å². The van der Waals surface area contributed by atoms with E-state index in [2.05, 4.69) is 4.98 Å². The summed E-state index contributed by atoms with van der Waals surface area (Å²) in [7, 11) is 0. The average molecular weight is 517 g/mol. The number of hydrogen-bond acceptors (Lipinski definition) is 5. The first kappa shape index (κ1) is 24.4. The number of benzene rings is 2. The van der Waals surface area contributed by atoms with Gasteiger partial charge >= 0.3 is 6.18 Å². The Balaban J connectivity index is 1.27. The highest BCUT2D eigenvalue weighted by atomic mass is 35.5. The summed E-state index contributed by atoms with van der Waals surface area (Å²) in [5, 5.41) is 1.74. The topological polar surface area (TPSA) is 48.9 Å². The first-order valence-corrected chi connectivity index (χ1v) is 12.0. The van der Waals surface area contributed by atoms with Crippen molar-refractivity contribution in [3.05, 3.63) is 89.1 Å². The number of alkyl halides is 3. The van der Waals surface area contributed by atoms with E-state index in [-0.39, 0.29) is 22.8 Å². The molecule has 10 heteroatoms. The summed E-state index contributed by atoms with van der Waals surface area (Å²) in [5.41, 5.74) is 1.04. The van der Waals surface area contributed by atoms with Crippen LogP contribution in [0, 0.1) is 0 Å². The lowest BCUT2D eigenvalue weighted by Crippen LogP contribution is -2.52. The molecule has 0 aliphatic carbocycles. The van der Waals surface area contributed by atoms with Crippen molar-refractivity contribution >= 4 is 29.0 Å². The van der Waals surface area contributed by atoms with Crippen LogP contribution in [0.15, 0.2) is 72.9 Å². The number of amides is 1. The highest BCUT2D eigenvalue weighted by Gasteiger charge is 2.41. The maximum atomic E-state index is 13.4. The van der Waals surface area contributed by atoms with Crippen LogP contribution >= 0.6 is 11.6 Å². The molecule has 188 valence electrons. The lowest BCUT2D eigenvalue weighted by molar-refractivity contribution is -0.142. The number of hydrogen-bond donors (Lipinski definition) is 0. The van der Waals surface area contributed by atoms with Crippen molar-refractivity contribution in [1.29, 1.82) is 0 Å². The molecule has 2 aliphatic heterocycles. The smallest absolute Gasteiger partial charge is 0.352 e. The van der Waals surface area contributed by atoms with E-state index in [4.69, 9.17) is 16.4 Å². The minimum atomic E-state index is -4.51. The number of carbonyl (C=O) groups excluding carboxylic acids is 1. The third-order valence-electron chi connectivity index (χ3n) is 6.47. The molecular weight excluding hydrogens is 493 g/mol. The Morgan fingerprint density at radius 3 is 2.22 bits per heavy atom. The Morgan fingerprint density at radius 1 is 0.972 bits per heavy atom. The van der Waals surface area contributed by atoms with E-state index in [9.17, 15) is 18.0 Å². The molecule has 6 nitrogen and oxygen atoms in total. The van der Waals surface area contributed by atoms with Crippen molar-refractivity contribution < 1.29 is 22.8 Å². The number of halogens is 4. The van der Waals surface area contributed by atoms with Crippen molar-refractivity contribution in [2.45, 2.75) is 24.7 Å². The number of nitrogens with zero attached hydrogens (tertiary/aromatic N) is 4. The van der Waals surface area contributed by atoms with Gasteiger partial charge in [-0.15, -0.1) is 0 Å². The second-order valence-corrected chi connectivity index (χ2v) is 9.16. The van der Waals surface area contributed by atoms with Crippen LogP contribution in [0.4, 0.5) is 24.7 Å². The fourth-order valence-electron chi connectivity index (χ4n) is 4.62. The molecule has 0 radical (unpaired) electrons. The molecule has 1 aromatic heterocycles. The summed E-state index contributed by atoms with van der Waals surface area (Å²) < 4.78 is 38.8. The Morgan fingerprint density at radius 2 is 1.61 bits per heavy atom. The first-order valence-electron chi connectivity index (χ1n) is 11.6. The molecule has 36 heavy (non-hydrogen) atoms. The van der Waals surface area contributed by atoms with Crippen molar-refractivity contribution in [1.82, 2.24) is 9.88 Å². The highest BCUT2D eigenvalue weighted by molar-refractivity contribution is 6.33. The van der Waals surface area contributed by atoms with Crippen molar-refractivity contribution in [2.24, 2.45) is 0 Å². The summed E-state index contributed by atoms with van der Waals surface area (Å²) in [5.74, 6) is 0.175. The summed E-state index contributed by atoms with van der Waals surface area (Å²) in [6, 6.07) is 20.4. The fourth-order valence-corrected chi connectivity index (χ4v) is 4.91. The standard InChI is InChI=1S/C26H24ClF3N4O2/c27-21-15-19(26(28,29)30)17-31-24(21)32-11-13-33(14-12-32)25(35)23-16-22(18-7-3-1-4-8-18)34(36-23)20-9-5-2-6-10-20/h1-10,15,17,22-23H,11-14,16H2/t22-,23+/m0/s1. The molecule has 0 spiro atoms. The molecule has 2 aromatic carbocycles. The summed E-state index contributed by atoms with van der Waals surface area (Å²) in [6.45, 7) is 1.58. The summed E-state index contributed by atoms with van der Waals surface area (Å²) in [4.78, 5) is 27.1. The third kappa shape index (κ3) is 4.99. The normalized spacial score (nSPS) is 20.6. The Hall–Kier alpha value is -3.30. The second-order valence-electron chi connectivity index (χ2n) is 8.76. The van der Waals surface area contributed by atoms with E-state index < -0.39 is 17.8 Å². The lowest BCUT2D eigenvalue weighted by atomic mass is 10.0. The van der Waals surface area contributed by atoms with Crippen molar-refractivity contribution in [3.63, 3.8) is 0 Å². The predicted octanol–water partition coefficient (Wildman–Crippen LogP) is 5.35. The number of carbonyl (C=O) groups is 1. The van der Waals surface area contributed by atoms with Crippen molar-refractivity contribution in [2.75, 3.05) is 36.1 Å². The number of rotatable bonds is 4. The minimum Gasteiger partial charge on any atom is -0.352 e. The average Bonchev–Trinajstić information content (AvgIpc) is 3.34. The van der Waals surface area contributed by atoms with Crippen LogP contribution < -0.4 is 9.96 Å². The van der Waals surface area contributed by atoms with Gasteiger partial charge < -0.3 is 9.80 Å². The molecule has 2 atom stereocenters. The van der Waals surface area contributed by atoms with Gasteiger partial charge in [-0.2, -0.15) is 13.2 Å². The Kier molecular flexibility index (Phi) is 6.77. The van der Waals surface area contributed by atoms with Crippen LogP contribution in [0.1, 0.15) is 23.6 Å². The molecule has 0 bridgehead atoms. The summed E-state index contributed by atoms with van der Waals surface area (Å²) in [6.07, 6.45) is -3.86. The van der Waals surface area contributed by atoms with Crippen molar-refractivity contribution in [3.8, 4) is 0 Å². The molecule has 3 aromatic rings. The van der Waals surface area contributed by atoms with Crippen LogP contribution in [0.2, 0.25) is 5.02 Å². The number of pyridine rings is 1. The number of piperazine rings is 1. The van der Waals surface area contributed by atoms with E-state index in [1.54, 1.807) is 14.9 Å². The van der Waals surface area contributed by atoms with Crippen LogP contribution in [0.25, 0.3) is 0 Å². The zero-order valence-electron chi connectivity index (χ0n) is 19.2. The number of para-hydroxylation sites is 1. The van der Waals surface area contributed by atoms with Gasteiger partial charge in [0.25, 0.3) is 5.91 Å². The largest absolute Gasteiger partial charge is 0.417 e. The monoisotopic (exact) mass is 516 g/mol. The summed E-state index contributed by atoms with van der Waals surface area (Å²) >= 11 is 6.11. The fraction of sp³-hybridized carbons (Fsp3) is 0.308. The lowest BCUT2D eigenvalue weighted by Gasteiger charge is -2.36. The first-order chi connectivity index (χ1) is 17.3. The number of hydroxylamine groups is 1. The molecule has 5 rings (SSSR count). The third-order valence-corrected chi connectivity index (χ3v) is 6.75. The van der Waals surface area contributed by atoms with Gasteiger partial charge in [0.15, 0.2) is 6.10 Å². The van der Waals surface area contributed by atoms with Gasteiger partial charge in [0.2, 0.25) is 0 Å². The SMILES string of the molecule is O=C([C@H]1C[C@@H](c2ccccc2)N(c2ccccc2)O1)N1CCN(c2ncc(C(F)(F)F)cc2Cl)CC1. The maximum Gasteiger partial charge on any atom is 0.417 e. The molecule has 2 aliphatic rings. The maximum absolute atomic E-state index is 13.4. The van der Waals surface area contributed by atoms with Crippen LogP contribution in [-0.4, -0.2) is 48.1 Å². The second kappa shape index (κ2) is 9.99. The Labute approximate surface area is 211 Å². The van der Waals surface area contributed by atoms with Gasteiger partial charge in [-0.1, -0.05) is 60.1 Å². The van der Waals surface area contributed by atoms with E-state index in [0.29, 0.717) is 32.6 Å². The van der Waals surface area contributed by atoms with Gasteiger partial charge in [-0.25, -0.2) is 10.0 Å². The minimum absolute atomic E-state index is 0.0621. The number of aromatic nitrogens is 1. The highest BCUT2D eigenvalue weighted by Crippen LogP contribution is 2.39. The van der Waals surface area contributed by atoms with E-state index in [0.717, 1.165) is 23.5 Å². The zero-order chi connectivity index (χ0) is 25.3. The van der Waals surface area contributed by atoms with Crippen LogP contribution in [-0.2, 0) is 15.8 Å². The molecule has 0 saturated carbocycles. The molecule has 3 heterocycles. The van der Waals surface area contributed by atoms with Gasteiger partial charge in [0.1, 0.15) is 5.82 Å². The van der Waals surface area contributed by atoms with Gasteiger partial charge in [0.05, 0.1) is 22.3 Å². The van der Waals surface area contributed by atoms with Gasteiger partial charge in [-0.3, -0.25) is 9.63 Å². The molecule has 1 amide bonds. The molecule has 0 unspecified atom stereocenters. The van der Waals surface area contributed by atoms with E-state index in [1.165, 1.54) is 0 Å². The number of anilines is 2. The van der Waals surface area contributed by atoms with Crippen LogP contribution in [0.5, 0.6) is 0 Å². The molecular formula is C26H24ClF3N4O2. The Bertz CT molecular complexity index is 1160. The quantitative estimate of drug-likeness (QED) is 0.467. The van der Waals surface area contributed by atoms with E-state index in [1.807, 2.05) is 60.7 Å². The molecule has 2 fully saturated rings. The molecule has 0 N–H and O–H groups in total. The molecule has 2 saturated heterocycles. The van der Waals surface area contributed by atoms with E-state index >= 15 is 0 Å². The van der Waals surface area contributed by atoms with Crippen LogP contribution in [0.3, 0.4) is 0 Å².